The molecule has 1 amide bonds. The average molecular weight is 701 g/mol. The molecule has 0 fully saturated rings. The van der Waals surface area contributed by atoms with E-state index < -0.39 is 31.1 Å². The topological polar surface area (TPSA) is 201 Å². The molecule has 2 aromatic heterocycles. The highest BCUT2D eigenvalue weighted by atomic mass is 16.7. The van der Waals surface area contributed by atoms with Crippen LogP contribution in [0.25, 0.3) is 32.9 Å². The Bertz CT molecular complexity index is 2130. The summed E-state index contributed by atoms with van der Waals surface area (Å²) in [5.41, 5.74) is 7.07. The number of fused-ring (bicyclic) bond motifs is 10. The number of aliphatic hydroxyl groups is 4. The van der Waals surface area contributed by atoms with Crippen LogP contribution in [0.5, 0.6) is 11.5 Å². The van der Waals surface area contributed by atoms with Gasteiger partial charge in [-0.2, -0.15) is 0 Å². The first-order valence-electron chi connectivity index (χ1n) is 16.6. The van der Waals surface area contributed by atoms with Crippen molar-refractivity contribution in [2.75, 3.05) is 25.2 Å². The number of carbonyl (C=O) groups is 1. The van der Waals surface area contributed by atoms with E-state index in [1.807, 2.05) is 19.1 Å². The number of hydrogen-bond acceptors (Lipinski definition) is 12. The van der Waals surface area contributed by atoms with E-state index in [0.717, 1.165) is 11.3 Å². The van der Waals surface area contributed by atoms with Crippen LogP contribution in [0.15, 0.2) is 48.5 Å². The number of phenols is 2. The number of aromatic nitrogens is 2. The molecule has 4 atom stereocenters. The van der Waals surface area contributed by atoms with Gasteiger partial charge in [0.25, 0.3) is 5.91 Å². The van der Waals surface area contributed by atoms with Gasteiger partial charge in [-0.15, -0.1) is 0 Å². The number of benzene rings is 3. The lowest BCUT2D eigenvalue weighted by molar-refractivity contribution is -0.135. The van der Waals surface area contributed by atoms with Crippen molar-refractivity contribution in [2.45, 2.75) is 64.7 Å². The van der Waals surface area contributed by atoms with Crippen LogP contribution in [-0.4, -0.2) is 96.4 Å². The van der Waals surface area contributed by atoms with Crippen LogP contribution in [0, 0.1) is 6.92 Å². The second-order valence-electron chi connectivity index (χ2n) is 13.1. The Morgan fingerprint density at radius 2 is 1.65 bits per heavy atom. The van der Waals surface area contributed by atoms with Crippen molar-refractivity contribution in [1.82, 2.24) is 15.0 Å². The highest BCUT2D eigenvalue weighted by molar-refractivity contribution is 6.22. The lowest BCUT2D eigenvalue weighted by Gasteiger charge is -2.42. The van der Waals surface area contributed by atoms with E-state index in [-0.39, 0.29) is 43.7 Å². The lowest BCUT2D eigenvalue weighted by Crippen LogP contribution is -2.53. The highest BCUT2D eigenvalue weighted by Gasteiger charge is 2.42. The third kappa shape index (κ3) is 6.14. The number of aromatic amines is 1. The van der Waals surface area contributed by atoms with E-state index in [2.05, 4.69) is 9.97 Å². The molecule has 5 aromatic rings. The Balaban J connectivity index is 1.40. The first-order chi connectivity index (χ1) is 24.5. The molecule has 4 heterocycles. The number of aliphatic hydroxyl groups excluding tert-OH is 4. The van der Waals surface area contributed by atoms with Gasteiger partial charge in [0.15, 0.2) is 6.23 Å². The molecule has 7 rings (SSSR count). The number of carbonyl (C=O) groups excluding carboxylic acids is 1. The number of nitrogens with one attached hydrogen (secondary N) is 1. The third-order valence-corrected chi connectivity index (χ3v) is 9.42. The largest absolute Gasteiger partial charge is 0.508 e. The van der Waals surface area contributed by atoms with Crippen LogP contribution >= 0.6 is 0 Å². The quantitative estimate of drug-likeness (QED) is 0.100. The molecule has 2 aliphatic heterocycles. The second-order valence-corrected chi connectivity index (χ2v) is 13.1. The molecule has 51 heavy (non-hydrogen) atoms. The average Bonchev–Trinajstić information content (AvgIpc) is 3.64. The summed E-state index contributed by atoms with van der Waals surface area (Å²) in [5, 5.41) is 65.2. The smallest absolute Gasteiger partial charge is 0.278 e. The first-order valence-corrected chi connectivity index (χ1v) is 16.6. The van der Waals surface area contributed by atoms with E-state index in [1.54, 1.807) is 43.2 Å². The van der Waals surface area contributed by atoms with E-state index in [0.29, 0.717) is 67.6 Å². The van der Waals surface area contributed by atoms with Gasteiger partial charge in [0.2, 0.25) is 0 Å². The van der Waals surface area contributed by atoms with Gasteiger partial charge in [0, 0.05) is 47.7 Å². The predicted molar refractivity (Wildman–Crippen MR) is 186 cm³/mol. The molecule has 7 N–H and O–H groups in total. The van der Waals surface area contributed by atoms with E-state index in [9.17, 15) is 35.4 Å². The Labute approximate surface area is 292 Å². The molecule has 268 valence electrons. The Kier molecular flexibility index (Phi) is 9.32. The number of hydrogen-bond donors (Lipinski definition) is 7. The second kappa shape index (κ2) is 13.7. The summed E-state index contributed by atoms with van der Waals surface area (Å²) in [6.07, 6.45) is -5.28. The maximum absolute atomic E-state index is 14.4. The summed E-state index contributed by atoms with van der Waals surface area (Å²) in [7, 11) is 1.59. The Hall–Kier alpha value is -4.80. The molecule has 0 saturated carbocycles. The minimum Gasteiger partial charge on any atom is -0.508 e. The fourth-order valence-corrected chi connectivity index (χ4v) is 7.20. The molecule has 2 aliphatic rings. The molecule has 3 aromatic carbocycles. The number of ether oxygens (including phenoxy) is 2. The zero-order valence-electron chi connectivity index (χ0n) is 28.3. The Morgan fingerprint density at radius 1 is 0.922 bits per heavy atom. The van der Waals surface area contributed by atoms with Crippen LogP contribution in [-0.2, 0) is 40.6 Å². The predicted octanol–water partition coefficient (Wildman–Crippen LogP) is 3.09. The van der Waals surface area contributed by atoms with Crippen molar-refractivity contribution in [3.8, 4) is 22.6 Å². The third-order valence-electron chi connectivity index (χ3n) is 9.42. The zero-order valence-corrected chi connectivity index (χ0v) is 28.3. The van der Waals surface area contributed by atoms with Gasteiger partial charge in [-0.05, 0) is 66.9 Å². The standard InChI is InChI=1S/C37H40N4O10/c1-18-8-20(16-49-3)38-21(9-18)17-50-41-13-26-31-25-7-5-23(45)11-29(25)40(37(51-19(2)14-42)35(47)30(46)15-43)12-27(31)34-32(33(26)36(41)48)24-6-4-22(44)10-28(24)39-34/h4-11,19,30,35,37,39,42-47H,12-17H2,1-3H3. The highest BCUT2D eigenvalue weighted by Crippen LogP contribution is 2.51. The van der Waals surface area contributed by atoms with Crippen molar-refractivity contribution >= 4 is 33.4 Å². The number of rotatable bonds is 12. The molecule has 0 spiro atoms. The van der Waals surface area contributed by atoms with Gasteiger partial charge in [-0.1, -0.05) is 0 Å². The number of anilines is 1. The number of aromatic hydroxyl groups is 2. The minimum atomic E-state index is -1.63. The van der Waals surface area contributed by atoms with Crippen molar-refractivity contribution in [3.63, 3.8) is 0 Å². The van der Waals surface area contributed by atoms with Gasteiger partial charge in [-0.25, -0.2) is 5.06 Å². The van der Waals surface area contributed by atoms with Crippen LogP contribution in [0.4, 0.5) is 5.69 Å². The van der Waals surface area contributed by atoms with Gasteiger partial charge in [0.1, 0.15) is 30.3 Å². The summed E-state index contributed by atoms with van der Waals surface area (Å²) in [6.45, 7) is 2.90. The monoisotopic (exact) mass is 700 g/mol. The lowest BCUT2D eigenvalue weighted by atomic mass is 9.84. The van der Waals surface area contributed by atoms with Gasteiger partial charge in [0.05, 0.1) is 66.1 Å². The summed E-state index contributed by atoms with van der Waals surface area (Å²) in [4.78, 5) is 30.2. The van der Waals surface area contributed by atoms with E-state index in [4.69, 9.17) is 14.3 Å². The molecule has 4 unspecified atom stereocenters. The van der Waals surface area contributed by atoms with Crippen LogP contribution in [0.1, 0.15) is 45.4 Å². The van der Waals surface area contributed by atoms with E-state index >= 15 is 0 Å². The fraction of sp³-hybridized carbons (Fsp3) is 0.351. The number of hydroxylamine groups is 2. The Morgan fingerprint density at radius 3 is 2.37 bits per heavy atom. The maximum atomic E-state index is 14.4. The number of phenolic OH excluding ortho intramolecular Hbond substituents is 2. The number of amides is 1. The molecule has 14 nitrogen and oxygen atoms in total. The maximum Gasteiger partial charge on any atom is 0.278 e. The molecule has 14 heteroatoms. The van der Waals surface area contributed by atoms with Crippen LogP contribution < -0.4 is 4.90 Å². The van der Waals surface area contributed by atoms with Crippen LogP contribution in [0.3, 0.4) is 0 Å². The van der Waals surface area contributed by atoms with Crippen molar-refractivity contribution < 1.29 is 49.7 Å². The van der Waals surface area contributed by atoms with Gasteiger partial charge in [-0.3, -0.25) is 14.6 Å². The van der Waals surface area contributed by atoms with Crippen molar-refractivity contribution in [3.05, 3.63) is 82.2 Å². The molecule has 0 radical (unpaired) electrons. The summed E-state index contributed by atoms with van der Waals surface area (Å²) < 4.78 is 11.3. The number of pyridine rings is 1. The molecule has 0 bridgehead atoms. The van der Waals surface area contributed by atoms with E-state index in [1.165, 1.54) is 17.2 Å². The number of methoxy groups -OCH3 is 1. The van der Waals surface area contributed by atoms with Crippen molar-refractivity contribution in [2.24, 2.45) is 0 Å². The molecule has 0 aliphatic carbocycles. The number of aryl methyl sites for hydroxylation is 1. The summed E-state index contributed by atoms with van der Waals surface area (Å²) in [5.74, 6) is -0.408. The zero-order chi connectivity index (χ0) is 36.1. The number of nitrogens with zero attached hydrogens (tertiary/aromatic N) is 3. The summed E-state index contributed by atoms with van der Waals surface area (Å²) >= 11 is 0. The molecule has 0 saturated heterocycles. The van der Waals surface area contributed by atoms with Gasteiger partial charge < -0.3 is 50.0 Å². The normalized spacial score (nSPS) is 16.3. The minimum absolute atomic E-state index is 0.0244. The fourth-order valence-electron chi connectivity index (χ4n) is 7.20. The molecular weight excluding hydrogens is 660 g/mol. The van der Waals surface area contributed by atoms with Gasteiger partial charge >= 0.3 is 0 Å². The summed E-state index contributed by atoms with van der Waals surface area (Å²) in [6, 6.07) is 13.4. The van der Waals surface area contributed by atoms with Crippen molar-refractivity contribution in [1.29, 1.82) is 0 Å². The first kappa shape index (κ1) is 34.6. The van der Waals surface area contributed by atoms with Crippen LogP contribution in [0.2, 0.25) is 0 Å². The molecular formula is C37H40N4O10. The number of H-pyrrole nitrogens is 1. The SMILES string of the molecule is COCc1cc(C)cc(CON2Cc3c4c(c5[nH]c6cc(O)ccc6c5c3C2=O)CN(C(OC(C)CO)C(O)C(O)CO)c2cc(O)ccc2-4)n1.